The van der Waals surface area contributed by atoms with Crippen LogP contribution in [0.3, 0.4) is 0 Å². The molecule has 0 unspecified atom stereocenters. The molecule has 0 aliphatic heterocycles. The Hall–Kier alpha value is -2.03. The van der Waals surface area contributed by atoms with Gasteiger partial charge >= 0.3 is 150 Å². The van der Waals surface area contributed by atoms with Crippen LogP contribution in [0.4, 0.5) is 0 Å². The van der Waals surface area contributed by atoms with Gasteiger partial charge in [-0.25, -0.2) is 0 Å². The molecule has 0 aliphatic rings. The minimum atomic E-state index is 0. The second-order valence-electron chi connectivity index (χ2n) is 9.95. The number of hydrogen-bond acceptors (Lipinski definition) is 3. The van der Waals surface area contributed by atoms with Crippen molar-refractivity contribution in [1.82, 2.24) is 4.98 Å². The third-order valence-corrected chi connectivity index (χ3v) is 12.3. The van der Waals surface area contributed by atoms with Gasteiger partial charge in [0.05, 0.1) is 5.76 Å². The molecule has 6 rings (SSSR count). The fraction of sp³-hybridized carbons (Fsp3) is 0.294. The van der Waals surface area contributed by atoms with Gasteiger partial charge in [0, 0.05) is 38.0 Å². The number of ketones is 1. The van der Waals surface area contributed by atoms with Crippen LogP contribution in [0.25, 0.3) is 49.6 Å². The van der Waals surface area contributed by atoms with E-state index in [1.807, 2.05) is 27.7 Å². The van der Waals surface area contributed by atoms with Crippen molar-refractivity contribution in [2.45, 2.75) is 53.4 Å². The van der Waals surface area contributed by atoms with E-state index in [1.54, 1.807) is 0 Å². The summed E-state index contributed by atoms with van der Waals surface area (Å²) in [6, 6.07) is 25.5. The molecule has 3 aromatic carbocycles. The summed E-state index contributed by atoms with van der Waals surface area (Å²) < 4.78 is 5.88. The number of carbonyl (C=O) groups is 1. The summed E-state index contributed by atoms with van der Waals surface area (Å²) in [5.41, 5.74) is 2.22. The minimum absolute atomic E-state index is 0. The molecular weight excluding hydrogens is 805 g/mol. The standard InChI is InChI=1S/C21H10NSe2.C13H24O2.Ir/c1-2-7-14-12(5-1)11-18-21(22-14)13-6-3-8-15-19(13)20-16(23-15)9-4-10-17(20)24-18;1-5-10(6-2)12(14)9-13(15)11(7-3)8-4;/h1-5,7-11H;9-11,14H,5-8H2,1-4H3;/q-1;;/b;12-9-;. The molecule has 6 aromatic rings. The van der Waals surface area contributed by atoms with Crippen LogP contribution in [-0.4, -0.2) is 44.9 Å². The van der Waals surface area contributed by atoms with E-state index in [9.17, 15) is 9.90 Å². The number of hydrogen-bond donors (Lipinski definition) is 1. The summed E-state index contributed by atoms with van der Waals surface area (Å²) in [7, 11) is 0. The number of nitrogens with zero attached hydrogens (tertiary/aromatic N) is 1. The van der Waals surface area contributed by atoms with Crippen molar-refractivity contribution in [3.63, 3.8) is 0 Å². The molecule has 6 heteroatoms. The molecule has 3 aromatic heterocycles. The SMILES string of the molecule is CCC(CC)C(=O)/C=C(\O)C(CC)CC.[Ir].[c-]1ccc2[se]c3cccc4[se]c5cc6ccccc6nc5c1c2c43. The van der Waals surface area contributed by atoms with E-state index in [1.165, 1.54) is 44.7 Å². The van der Waals surface area contributed by atoms with Crippen LogP contribution in [0.2, 0.25) is 0 Å². The van der Waals surface area contributed by atoms with Crippen molar-refractivity contribution in [2.75, 3.05) is 0 Å². The summed E-state index contributed by atoms with van der Waals surface area (Å²) in [4.78, 5) is 16.8. The zero-order chi connectivity index (χ0) is 27.5. The van der Waals surface area contributed by atoms with Crippen molar-refractivity contribution >= 4 is 84.4 Å². The Bertz CT molecular complexity index is 1810. The Morgan fingerprint density at radius 3 is 2.15 bits per heavy atom. The first-order chi connectivity index (χ1) is 19.0. The van der Waals surface area contributed by atoms with Crippen LogP contribution in [0.5, 0.6) is 0 Å². The van der Waals surface area contributed by atoms with Crippen molar-refractivity contribution in [3.05, 3.63) is 78.6 Å². The van der Waals surface area contributed by atoms with Crippen LogP contribution in [0.15, 0.2) is 72.5 Å². The molecule has 0 amide bonds. The van der Waals surface area contributed by atoms with Gasteiger partial charge in [-0.1, -0.05) is 27.7 Å². The third-order valence-electron chi connectivity index (χ3n) is 7.64. The predicted octanol–water partition coefficient (Wildman–Crippen LogP) is 8.63. The van der Waals surface area contributed by atoms with E-state index in [0.29, 0.717) is 14.5 Å². The molecule has 209 valence electrons. The van der Waals surface area contributed by atoms with Crippen LogP contribution >= 0.6 is 0 Å². The second-order valence-corrected chi connectivity index (χ2v) is 14.5. The molecular formula is C34H34IrNO2Se2-. The van der Waals surface area contributed by atoms with Gasteiger partial charge in [-0.3, -0.25) is 4.79 Å². The van der Waals surface area contributed by atoms with Gasteiger partial charge in [-0.2, -0.15) is 0 Å². The first-order valence-corrected chi connectivity index (χ1v) is 17.3. The Balaban J connectivity index is 0.000000204. The monoisotopic (exact) mass is 841 g/mol. The maximum atomic E-state index is 11.7. The number of aliphatic hydroxyl groups is 1. The van der Waals surface area contributed by atoms with Gasteiger partial charge in [0.1, 0.15) is 0 Å². The van der Waals surface area contributed by atoms with Crippen molar-refractivity contribution in [2.24, 2.45) is 11.8 Å². The fourth-order valence-electron chi connectivity index (χ4n) is 5.30. The number of fused-ring (bicyclic) bond motifs is 3. The van der Waals surface area contributed by atoms with Gasteiger partial charge < -0.3 is 5.11 Å². The first-order valence-electron chi connectivity index (χ1n) is 13.9. The molecule has 0 saturated carbocycles. The number of carbonyl (C=O) groups excluding carboxylic acids is 1. The molecule has 0 fully saturated rings. The van der Waals surface area contributed by atoms with Gasteiger partial charge in [-0.05, 0) is 25.7 Å². The van der Waals surface area contributed by atoms with Crippen molar-refractivity contribution < 1.29 is 30.0 Å². The maximum absolute atomic E-state index is 11.7. The van der Waals surface area contributed by atoms with Crippen LogP contribution < -0.4 is 0 Å². The number of para-hydroxylation sites is 1. The number of benzene rings is 3. The Labute approximate surface area is 261 Å². The van der Waals surface area contributed by atoms with Crippen LogP contribution in [0, 0.1) is 17.9 Å². The van der Waals surface area contributed by atoms with Crippen LogP contribution in [-0.2, 0) is 24.9 Å². The number of aromatic nitrogens is 1. The summed E-state index contributed by atoms with van der Waals surface area (Å²) in [5, 5.41) is 15.1. The zero-order valence-corrected chi connectivity index (χ0v) is 29.1. The molecule has 3 heterocycles. The molecule has 3 nitrogen and oxygen atoms in total. The van der Waals surface area contributed by atoms with E-state index in [-0.39, 0.29) is 58.0 Å². The van der Waals surface area contributed by atoms with E-state index >= 15 is 0 Å². The number of pyridine rings is 1. The zero-order valence-electron chi connectivity index (χ0n) is 23.3. The Morgan fingerprint density at radius 2 is 1.48 bits per heavy atom. The summed E-state index contributed by atoms with van der Waals surface area (Å²) in [6.45, 7) is 8.07. The van der Waals surface area contributed by atoms with E-state index < -0.39 is 0 Å². The molecule has 40 heavy (non-hydrogen) atoms. The van der Waals surface area contributed by atoms with E-state index in [0.717, 1.165) is 36.7 Å². The van der Waals surface area contributed by atoms with Gasteiger partial charge in [-0.15, -0.1) is 0 Å². The normalized spacial score (nSPS) is 12.0. The van der Waals surface area contributed by atoms with Gasteiger partial charge in [0.15, 0.2) is 5.78 Å². The molecule has 1 N–H and O–H groups in total. The Morgan fingerprint density at radius 1 is 0.850 bits per heavy atom. The second kappa shape index (κ2) is 13.8. The Kier molecular flexibility index (Phi) is 10.6. The first kappa shape index (κ1) is 30.9. The van der Waals surface area contributed by atoms with Crippen molar-refractivity contribution in [3.8, 4) is 0 Å². The van der Waals surface area contributed by atoms with Crippen LogP contribution in [0.1, 0.15) is 53.4 Å². The average molecular weight is 839 g/mol. The number of rotatable bonds is 7. The summed E-state index contributed by atoms with van der Waals surface area (Å²) in [5.74, 6) is 0.547. The van der Waals surface area contributed by atoms with Crippen molar-refractivity contribution in [1.29, 1.82) is 0 Å². The molecule has 0 spiro atoms. The molecule has 1 radical (unpaired) electrons. The molecule has 0 saturated heterocycles. The predicted molar refractivity (Wildman–Crippen MR) is 168 cm³/mol. The van der Waals surface area contributed by atoms with E-state index in [2.05, 4.69) is 66.7 Å². The average Bonchev–Trinajstić information content (AvgIpc) is 3.27. The number of allylic oxidation sites excluding steroid dienone is 2. The molecule has 0 bridgehead atoms. The van der Waals surface area contributed by atoms with E-state index in [4.69, 9.17) is 4.98 Å². The molecule has 0 atom stereocenters. The summed E-state index contributed by atoms with van der Waals surface area (Å²) >= 11 is 0.692. The number of aliphatic hydroxyl groups excluding tert-OH is 1. The third kappa shape index (κ3) is 6.09. The van der Waals surface area contributed by atoms with Gasteiger partial charge in [0.2, 0.25) is 0 Å². The topological polar surface area (TPSA) is 50.2 Å². The quantitative estimate of drug-likeness (QED) is 0.0759. The molecule has 0 aliphatic carbocycles. The van der Waals surface area contributed by atoms with Gasteiger partial charge in [0.25, 0.3) is 0 Å². The summed E-state index contributed by atoms with van der Waals surface area (Å²) in [6.07, 6.45) is 4.91. The fourth-order valence-corrected chi connectivity index (χ4v) is 10.4.